The third-order valence-corrected chi connectivity index (χ3v) is 10.4. The smallest absolute Gasteiger partial charge is 0.0620 e. The zero-order valence-corrected chi connectivity index (χ0v) is 25.1. The van der Waals surface area contributed by atoms with Crippen molar-refractivity contribution in [2.45, 2.75) is 0 Å². The van der Waals surface area contributed by atoms with E-state index in [4.69, 9.17) is 0 Å². The molecule has 0 fully saturated rings. The molecule has 0 aliphatic carbocycles. The Bertz CT molecular complexity index is 2630. The molecule has 7 aromatic carbocycles. The van der Waals surface area contributed by atoms with E-state index in [1.807, 2.05) is 11.3 Å². The number of hydrogen-bond acceptors (Lipinski definition) is 2. The van der Waals surface area contributed by atoms with Gasteiger partial charge < -0.3 is 9.72 Å². The lowest BCUT2D eigenvalue weighted by molar-refractivity contribution is 1.37. The number of fused-ring (bicyclic) bond motifs is 9. The molecular weight excluding hydrogens is 565 g/mol. The van der Waals surface area contributed by atoms with E-state index in [1.54, 1.807) is 0 Å². The summed E-state index contributed by atoms with van der Waals surface area (Å²) in [5.41, 5.74) is 11.0. The fraction of sp³-hybridized carbons (Fsp3) is 0. The van der Waals surface area contributed by atoms with Crippen LogP contribution in [0.4, 0.5) is 11.4 Å². The second-order valence-corrected chi connectivity index (χ2v) is 13.0. The number of thiophene rings is 1. The first-order valence-electron chi connectivity index (χ1n) is 15.3. The highest BCUT2D eigenvalue weighted by Gasteiger charge is 2.18. The maximum Gasteiger partial charge on any atom is 0.0620 e. The molecule has 0 aliphatic heterocycles. The first-order chi connectivity index (χ1) is 22.3. The van der Waals surface area contributed by atoms with Crippen LogP contribution in [0.25, 0.3) is 80.5 Å². The number of para-hydroxylation sites is 2. The van der Waals surface area contributed by atoms with E-state index in [1.165, 1.54) is 80.5 Å². The molecule has 0 radical (unpaired) electrons. The fourth-order valence-electron chi connectivity index (χ4n) is 7.19. The molecule has 3 heterocycles. The molecular formula is C42H26N2S. The Kier molecular flexibility index (Phi) is 5.19. The van der Waals surface area contributed by atoms with Crippen LogP contribution in [0.1, 0.15) is 0 Å². The largest absolute Gasteiger partial charge is 0.355 e. The fourth-order valence-corrected chi connectivity index (χ4v) is 8.38. The third kappa shape index (κ3) is 3.75. The first kappa shape index (κ1) is 24.8. The van der Waals surface area contributed by atoms with Gasteiger partial charge in [-0.05, 0) is 76.9 Å². The van der Waals surface area contributed by atoms with Gasteiger partial charge in [0.15, 0.2) is 0 Å². The Morgan fingerprint density at radius 2 is 0.933 bits per heavy atom. The van der Waals surface area contributed by atoms with Gasteiger partial charge in [-0.2, -0.15) is 0 Å². The lowest BCUT2D eigenvalue weighted by Gasteiger charge is -2.08. The molecule has 0 saturated heterocycles. The Hall–Kier alpha value is -5.64. The van der Waals surface area contributed by atoms with Crippen molar-refractivity contribution in [3.63, 3.8) is 0 Å². The average Bonchev–Trinajstić information content (AvgIpc) is 3.75. The van der Waals surface area contributed by atoms with Gasteiger partial charge in [-0.25, -0.2) is 0 Å². The monoisotopic (exact) mass is 590 g/mol. The molecule has 10 aromatic rings. The molecule has 3 heteroatoms. The second-order valence-electron chi connectivity index (χ2n) is 11.9. The molecule has 0 amide bonds. The maximum absolute atomic E-state index is 3.62. The number of benzene rings is 7. The predicted octanol–water partition coefficient (Wildman–Crippen LogP) is 12.3. The van der Waals surface area contributed by atoms with Crippen LogP contribution in [0.2, 0.25) is 0 Å². The molecule has 0 saturated carbocycles. The number of hydrogen-bond donors (Lipinski definition) is 1. The van der Waals surface area contributed by atoms with Crippen molar-refractivity contribution in [3.05, 3.63) is 152 Å². The van der Waals surface area contributed by atoms with Crippen LogP contribution >= 0.6 is 11.3 Å². The van der Waals surface area contributed by atoms with E-state index in [9.17, 15) is 0 Å². The normalized spacial score (nSPS) is 12.0. The van der Waals surface area contributed by atoms with E-state index < -0.39 is 0 Å². The number of nitrogens with one attached hydrogen (secondary N) is 1. The number of aromatic nitrogens is 1. The van der Waals surface area contributed by atoms with E-state index >= 15 is 0 Å². The highest BCUT2D eigenvalue weighted by atomic mass is 32.1. The number of nitrogens with zero attached hydrogens (tertiary/aromatic N) is 1. The lowest BCUT2D eigenvalue weighted by Crippen LogP contribution is -1.89. The zero-order chi connectivity index (χ0) is 29.5. The van der Waals surface area contributed by atoms with E-state index in [-0.39, 0.29) is 0 Å². The van der Waals surface area contributed by atoms with Crippen LogP contribution in [0.5, 0.6) is 0 Å². The molecule has 0 bridgehead atoms. The van der Waals surface area contributed by atoms with Gasteiger partial charge in [-0.3, -0.25) is 0 Å². The second kappa shape index (κ2) is 9.43. The van der Waals surface area contributed by atoms with Gasteiger partial charge in [0, 0.05) is 53.1 Å². The Labute approximate surface area is 263 Å². The molecule has 0 spiro atoms. The lowest BCUT2D eigenvalue weighted by atomic mass is 9.98. The summed E-state index contributed by atoms with van der Waals surface area (Å²) in [7, 11) is 0. The molecule has 210 valence electrons. The van der Waals surface area contributed by atoms with Crippen molar-refractivity contribution >= 4 is 81.0 Å². The van der Waals surface area contributed by atoms with Crippen molar-refractivity contribution in [1.29, 1.82) is 0 Å². The van der Waals surface area contributed by atoms with Crippen LogP contribution in [-0.2, 0) is 0 Å². The Morgan fingerprint density at radius 1 is 0.378 bits per heavy atom. The van der Waals surface area contributed by atoms with Gasteiger partial charge >= 0.3 is 0 Å². The van der Waals surface area contributed by atoms with Gasteiger partial charge in [-0.15, -0.1) is 11.3 Å². The number of anilines is 2. The molecule has 3 aromatic heterocycles. The van der Waals surface area contributed by atoms with Crippen molar-refractivity contribution in [2.75, 3.05) is 5.32 Å². The van der Waals surface area contributed by atoms with E-state index in [0.717, 1.165) is 11.4 Å². The van der Waals surface area contributed by atoms with Crippen molar-refractivity contribution < 1.29 is 0 Å². The SMILES string of the molecule is c1ccc(-c2ccc(Nc3ccc4c(c3)sc3cc(-c5cc6c7ccccc7n7c8ccccc8c(c5)c67)ccc34)cc2)cc1. The molecule has 0 aliphatic rings. The molecule has 0 atom stereocenters. The molecule has 45 heavy (non-hydrogen) atoms. The van der Waals surface area contributed by atoms with Gasteiger partial charge in [-0.1, -0.05) is 97.1 Å². The van der Waals surface area contributed by atoms with Crippen LogP contribution in [0.3, 0.4) is 0 Å². The summed E-state index contributed by atoms with van der Waals surface area (Å²) in [6.45, 7) is 0. The Balaban J connectivity index is 1.05. The van der Waals surface area contributed by atoms with Gasteiger partial charge in [0.2, 0.25) is 0 Å². The summed E-state index contributed by atoms with van der Waals surface area (Å²) in [6, 6.07) is 55.3. The summed E-state index contributed by atoms with van der Waals surface area (Å²) < 4.78 is 5.04. The van der Waals surface area contributed by atoms with Gasteiger partial charge in [0.05, 0.1) is 16.6 Å². The zero-order valence-electron chi connectivity index (χ0n) is 24.3. The summed E-state index contributed by atoms with van der Waals surface area (Å²) in [6.07, 6.45) is 0. The van der Waals surface area contributed by atoms with E-state index in [0.29, 0.717) is 0 Å². The summed E-state index contributed by atoms with van der Waals surface area (Å²) in [5, 5.41) is 11.5. The van der Waals surface area contributed by atoms with Gasteiger partial charge in [0.1, 0.15) is 0 Å². The van der Waals surface area contributed by atoms with Crippen LogP contribution in [-0.4, -0.2) is 4.40 Å². The van der Waals surface area contributed by atoms with Crippen molar-refractivity contribution in [2.24, 2.45) is 0 Å². The summed E-state index contributed by atoms with van der Waals surface area (Å²) >= 11 is 1.87. The highest BCUT2D eigenvalue weighted by molar-refractivity contribution is 7.25. The van der Waals surface area contributed by atoms with Crippen LogP contribution in [0.15, 0.2) is 152 Å². The third-order valence-electron chi connectivity index (χ3n) is 9.29. The highest BCUT2D eigenvalue weighted by Crippen LogP contribution is 2.43. The number of rotatable bonds is 4. The first-order valence-corrected chi connectivity index (χ1v) is 16.2. The average molecular weight is 591 g/mol. The molecule has 1 N–H and O–H groups in total. The quantitative estimate of drug-likeness (QED) is 0.216. The molecule has 0 unspecified atom stereocenters. The summed E-state index contributed by atoms with van der Waals surface area (Å²) in [5.74, 6) is 0. The minimum absolute atomic E-state index is 1.09. The van der Waals surface area contributed by atoms with Crippen molar-refractivity contribution in [3.8, 4) is 22.3 Å². The topological polar surface area (TPSA) is 16.4 Å². The minimum atomic E-state index is 1.09. The predicted molar refractivity (Wildman–Crippen MR) is 195 cm³/mol. The Morgan fingerprint density at radius 3 is 1.64 bits per heavy atom. The standard InChI is InChI=1S/C42H26N2S/c1-2-8-26(9-3-1)27-14-17-30(18-15-27)43-31-19-21-35-34-20-16-28(24-40(34)45-41(35)25-31)29-22-36-32-10-4-6-12-38(32)44-39-13-7-5-11-33(39)37(23-29)42(36)44/h1-25,43H. The minimum Gasteiger partial charge on any atom is -0.355 e. The van der Waals surface area contributed by atoms with Crippen LogP contribution in [0, 0.1) is 0 Å². The van der Waals surface area contributed by atoms with Crippen molar-refractivity contribution in [1.82, 2.24) is 4.40 Å². The summed E-state index contributed by atoms with van der Waals surface area (Å²) in [4.78, 5) is 0. The molecule has 10 rings (SSSR count). The molecule has 2 nitrogen and oxygen atoms in total. The maximum atomic E-state index is 3.62. The van der Waals surface area contributed by atoms with Crippen LogP contribution < -0.4 is 5.32 Å². The van der Waals surface area contributed by atoms with E-state index in [2.05, 4.69) is 161 Å². The van der Waals surface area contributed by atoms with Gasteiger partial charge in [0.25, 0.3) is 0 Å².